The van der Waals surface area contributed by atoms with Gasteiger partial charge in [0.1, 0.15) is 12.3 Å². The standard InChI is InChI=1S/C30H29N3O3/c1-5-34-35-19-21(18-31)11-10-13-23-17-22-12-6-7-14-24(22)27-28(23)36-30(20-32-27)29(2,3)25-15-8-9-16-26(25)33(30)4/h6-17,20H,5,19H2,1-4H3. The van der Waals surface area contributed by atoms with E-state index in [2.05, 4.69) is 74.3 Å². The van der Waals surface area contributed by atoms with Gasteiger partial charge in [-0.2, -0.15) is 5.26 Å². The summed E-state index contributed by atoms with van der Waals surface area (Å²) in [5, 5.41) is 11.5. The summed E-state index contributed by atoms with van der Waals surface area (Å²) < 4.78 is 6.99. The summed E-state index contributed by atoms with van der Waals surface area (Å²) in [4.78, 5) is 17.2. The van der Waals surface area contributed by atoms with Crippen molar-refractivity contribution < 1.29 is 14.5 Å². The number of ether oxygens (including phenoxy) is 1. The van der Waals surface area contributed by atoms with Crippen LogP contribution in [0.25, 0.3) is 16.8 Å². The summed E-state index contributed by atoms with van der Waals surface area (Å²) in [6.07, 6.45) is 7.47. The van der Waals surface area contributed by atoms with Crippen molar-refractivity contribution in [3.05, 3.63) is 83.4 Å². The van der Waals surface area contributed by atoms with Gasteiger partial charge in [-0.25, -0.2) is 9.78 Å². The third kappa shape index (κ3) is 3.69. The minimum atomic E-state index is -0.784. The van der Waals surface area contributed by atoms with Crippen LogP contribution in [0.2, 0.25) is 0 Å². The van der Waals surface area contributed by atoms with Crippen molar-refractivity contribution in [3.8, 4) is 11.8 Å². The Kier molecular flexibility index (Phi) is 6.13. The smallest absolute Gasteiger partial charge is 0.228 e. The van der Waals surface area contributed by atoms with Gasteiger partial charge in [0, 0.05) is 23.7 Å². The van der Waals surface area contributed by atoms with Crippen molar-refractivity contribution in [2.45, 2.75) is 31.9 Å². The molecular formula is C30H29N3O3. The topological polar surface area (TPSA) is 67.1 Å². The Hall–Kier alpha value is -3.92. The molecule has 0 aromatic heterocycles. The second-order valence-corrected chi connectivity index (χ2v) is 9.45. The summed E-state index contributed by atoms with van der Waals surface area (Å²) in [6.45, 7) is 6.74. The highest BCUT2D eigenvalue weighted by molar-refractivity contribution is 6.02. The Labute approximate surface area is 211 Å². The maximum atomic E-state index is 9.43. The van der Waals surface area contributed by atoms with Crippen LogP contribution in [0.4, 0.5) is 11.4 Å². The normalized spacial score (nSPS) is 20.0. The molecule has 6 heteroatoms. The zero-order valence-electron chi connectivity index (χ0n) is 21.0. The molecular weight excluding hydrogens is 450 g/mol. The highest BCUT2D eigenvalue weighted by Crippen LogP contribution is 2.55. The number of likely N-dealkylation sites (N-methyl/N-ethyl adjacent to an activating group) is 1. The molecule has 0 bridgehead atoms. The third-order valence-corrected chi connectivity index (χ3v) is 7.10. The first-order valence-corrected chi connectivity index (χ1v) is 12.1. The zero-order valence-corrected chi connectivity index (χ0v) is 21.0. The Morgan fingerprint density at radius 3 is 2.69 bits per heavy atom. The molecule has 1 spiro atoms. The molecule has 6 nitrogen and oxygen atoms in total. The van der Waals surface area contributed by atoms with Crippen LogP contribution in [0, 0.1) is 11.3 Å². The molecule has 0 radical (unpaired) electrons. The molecule has 1 atom stereocenters. The van der Waals surface area contributed by atoms with Crippen LogP contribution in [0.5, 0.6) is 5.75 Å². The Morgan fingerprint density at radius 2 is 1.92 bits per heavy atom. The summed E-state index contributed by atoms with van der Waals surface area (Å²) >= 11 is 0. The molecule has 0 fully saturated rings. The summed E-state index contributed by atoms with van der Waals surface area (Å²) in [7, 11) is 2.06. The lowest BCUT2D eigenvalue weighted by atomic mass is 9.77. The van der Waals surface area contributed by atoms with Crippen molar-refractivity contribution in [3.63, 3.8) is 0 Å². The van der Waals surface area contributed by atoms with Gasteiger partial charge >= 0.3 is 0 Å². The molecule has 0 amide bonds. The first kappa shape index (κ1) is 23.8. The maximum absolute atomic E-state index is 9.43. The van der Waals surface area contributed by atoms with Crippen molar-refractivity contribution in [2.24, 2.45) is 4.99 Å². The number of rotatable bonds is 6. The SMILES string of the molecule is CCOOCC(C#N)=CC=Cc1cc2ccccc2c2c1OC1(C=N2)N(C)c2ccccc2C1(C)C. The van der Waals surface area contributed by atoms with Gasteiger partial charge in [-0.1, -0.05) is 54.6 Å². The average molecular weight is 480 g/mol. The number of benzene rings is 3. The number of anilines is 1. The van der Waals surface area contributed by atoms with Crippen molar-refractivity contribution >= 4 is 34.4 Å². The van der Waals surface area contributed by atoms with Gasteiger partial charge in [-0.15, -0.1) is 0 Å². The second-order valence-electron chi connectivity index (χ2n) is 9.45. The van der Waals surface area contributed by atoms with Crippen LogP contribution < -0.4 is 9.64 Å². The minimum absolute atomic E-state index is 0.0889. The fourth-order valence-corrected chi connectivity index (χ4v) is 5.13. The largest absolute Gasteiger partial charge is 0.459 e. The molecule has 5 rings (SSSR count). The molecule has 3 aromatic carbocycles. The van der Waals surface area contributed by atoms with Gasteiger partial charge in [0.05, 0.1) is 29.9 Å². The number of para-hydroxylation sites is 1. The summed E-state index contributed by atoms with van der Waals surface area (Å²) in [6, 6.07) is 20.8. The quantitative estimate of drug-likeness (QED) is 0.133. The van der Waals surface area contributed by atoms with E-state index in [0.717, 1.165) is 33.5 Å². The zero-order chi connectivity index (χ0) is 25.3. The van der Waals surface area contributed by atoms with Crippen molar-refractivity contribution in [1.29, 1.82) is 5.26 Å². The third-order valence-electron chi connectivity index (χ3n) is 7.10. The van der Waals surface area contributed by atoms with E-state index in [1.807, 2.05) is 37.4 Å². The predicted octanol–water partition coefficient (Wildman–Crippen LogP) is 6.49. The first-order valence-electron chi connectivity index (χ1n) is 12.1. The molecule has 2 heterocycles. The van der Waals surface area contributed by atoms with Gasteiger partial charge in [-0.3, -0.25) is 4.99 Å². The van der Waals surface area contributed by atoms with E-state index < -0.39 is 5.72 Å². The van der Waals surface area contributed by atoms with Gasteiger partial charge in [0.2, 0.25) is 5.72 Å². The second kappa shape index (κ2) is 9.27. The number of hydrogen-bond donors (Lipinski definition) is 0. The number of fused-ring (bicyclic) bond motifs is 4. The average Bonchev–Trinajstić information content (AvgIpc) is 3.06. The number of hydrogen-bond acceptors (Lipinski definition) is 6. The van der Waals surface area contributed by atoms with E-state index in [4.69, 9.17) is 19.5 Å². The van der Waals surface area contributed by atoms with Crippen LogP contribution in [0.1, 0.15) is 31.9 Å². The molecule has 0 saturated heterocycles. The van der Waals surface area contributed by atoms with Crippen LogP contribution in [-0.4, -0.2) is 32.2 Å². The van der Waals surface area contributed by atoms with E-state index in [-0.39, 0.29) is 12.0 Å². The van der Waals surface area contributed by atoms with Crippen LogP contribution in [0.3, 0.4) is 0 Å². The molecule has 3 aromatic rings. The van der Waals surface area contributed by atoms with Gasteiger partial charge < -0.3 is 9.64 Å². The van der Waals surface area contributed by atoms with E-state index in [0.29, 0.717) is 12.2 Å². The van der Waals surface area contributed by atoms with Crippen molar-refractivity contribution in [1.82, 2.24) is 0 Å². The van der Waals surface area contributed by atoms with Gasteiger partial charge in [-0.05, 0) is 49.9 Å². The Bertz CT molecular complexity index is 1450. The number of nitriles is 1. The van der Waals surface area contributed by atoms with Crippen LogP contribution in [0.15, 0.2) is 77.3 Å². The molecule has 36 heavy (non-hydrogen) atoms. The molecule has 2 aliphatic heterocycles. The summed E-state index contributed by atoms with van der Waals surface area (Å²) in [5.41, 5.74) is 3.37. The molecule has 2 aliphatic rings. The number of allylic oxidation sites excluding steroid dienone is 2. The minimum Gasteiger partial charge on any atom is -0.459 e. The number of nitrogens with zero attached hydrogens (tertiary/aromatic N) is 3. The molecule has 0 N–H and O–H groups in total. The number of aliphatic imine (C=N–C) groups is 1. The van der Waals surface area contributed by atoms with E-state index in [1.54, 1.807) is 6.08 Å². The highest BCUT2D eigenvalue weighted by atomic mass is 17.2. The van der Waals surface area contributed by atoms with E-state index in [9.17, 15) is 5.26 Å². The predicted molar refractivity (Wildman–Crippen MR) is 144 cm³/mol. The van der Waals surface area contributed by atoms with E-state index >= 15 is 0 Å². The Morgan fingerprint density at radius 1 is 1.14 bits per heavy atom. The summed E-state index contributed by atoms with van der Waals surface area (Å²) in [5.74, 6) is 0.720. The molecule has 1 unspecified atom stereocenters. The monoisotopic (exact) mass is 479 g/mol. The lowest BCUT2D eigenvalue weighted by Crippen LogP contribution is -2.61. The maximum Gasteiger partial charge on any atom is 0.228 e. The molecule has 0 aliphatic carbocycles. The highest BCUT2D eigenvalue weighted by Gasteiger charge is 2.58. The van der Waals surface area contributed by atoms with Gasteiger partial charge in [0.25, 0.3) is 0 Å². The van der Waals surface area contributed by atoms with Crippen LogP contribution >= 0.6 is 0 Å². The molecule has 0 saturated carbocycles. The van der Waals surface area contributed by atoms with Crippen molar-refractivity contribution in [2.75, 3.05) is 25.2 Å². The van der Waals surface area contributed by atoms with Crippen LogP contribution in [-0.2, 0) is 15.2 Å². The first-order chi connectivity index (χ1) is 17.4. The van der Waals surface area contributed by atoms with Gasteiger partial charge in [0.15, 0.2) is 5.75 Å². The fourth-order valence-electron chi connectivity index (χ4n) is 5.13. The lowest BCUT2D eigenvalue weighted by molar-refractivity contribution is -0.283. The van der Waals surface area contributed by atoms with E-state index in [1.165, 1.54) is 5.56 Å². The molecule has 182 valence electrons. The fraction of sp³-hybridized carbons (Fsp3) is 0.267. The lowest BCUT2D eigenvalue weighted by Gasteiger charge is -2.45. The Balaban J connectivity index is 1.60.